The van der Waals surface area contributed by atoms with Gasteiger partial charge in [0.15, 0.2) is 7.85 Å². The molecule has 1 aromatic heterocycles. The van der Waals surface area contributed by atoms with Crippen molar-refractivity contribution in [3.05, 3.63) is 40.8 Å². The van der Waals surface area contributed by atoms with E-state index in [4.69, 9.17) is 4.74 Å². The third kappa shape index (κ3) is 4.45. The maximum atomic E-state index is 12.8. The van der Waals surface area contributed by atoms with Gasteiger partial charge < -0.3 is 15.4 Å². The van der Waals surface area contributed by atoms with E-state index in [1.54, 1.807) is 43.0 Å². The van der Waals surface area contributed by atoms with Crippen LogP contribution in [0.5, 0.6) is 0 Å². The molecule has 2 heterocycles. The number of benzene rings is 1. The van der Waals surface area contributed by atoms with Gasteiger partial charge in [0.05, 0.1) is 16.6 Å². The van der Waals surface area contributed by atoms with Gasteiger partial charge in [0.2, 0.25) is 5.91 Å². The van der Waals surface area contributed by atoms with Crippen molar-refractivity contribution in [1.82, 2.24) is 5.32 Å². The average Bonchev–Trinajstić information content (AvgIpc) is 3.21. The molecule has 0 saturated carbocycles. The molecule has 0 radical (unpaired) electrons. The molecular formula is C20H24BN3O4S. The second-order valence-electron chi connectivity index (χ2n) is 7.74. The minimum atomic E-state index is -1.10. The second-order valence-corrected chi connectivity index (χ2v) is 9.03. The molecule has 2 aromatic rings. The van der Waals surface area contributed by atoms with Crippen molar-refractivity contribution in [3.8, 4) is 0 Å². The molecule has 0 aliphatic carbocycles. The number of rotatable bonds is 5. The molecule has 1 saturated heterocycles. The molecule has 3 amide bonds. The van der Waals surface area contributed by atoms with Crippen molar-refractivity contribution >= 4 is 53.2 Å². The lowest BCUT2D eigenvalue weighted by atomic mass is 10.0. The first-order chi connectivity index (χ1) is 13.6. The first kappa shape index (κ1) is 20.9. The van der Waals surface area contributed by atoms with Crippen molar-refractivity contribution in [2.75, 3.05) is 16.8 Å². The maximum Gasteiger partial charge on any atom is 0.414 e. The third-order valence-electron chi connectivity index (χ3n) is 4.76. The summed E-state index contributed by atoms with van der Waals surface area (Å²) in [6.45, 7) is 7.46. The number of carbonyl (C=O) groups excluding carboxylic acids is 3. The highest BCUT2D eigenvalue weighted by Gasteiger charge is 2.33. The van der Waals surface area contributed by atoms with Gasteiger partial charge >= 0.3 is 6.09 Å². The third-order valence-corrected chi connectivity index (χ3v) is 5.76. The van der Waals surface area contributed by atoms with Gasteiger partial charge in [-0.3, -0.25) is 14.5 Å². The van der Waals surface area contributed by atoms with Gasteiger partial charge in [0.25, 0.3) is 5.91 Å². The number of aryl methyl sites for hydroxylation is 1. The van der Waals surface area contributed by atoms with Crippen LogP contribution >= 0.6 is 11.3 Å². The summed E-state index contributed by atoms with van der Waals surface area (Å²) in [6, 6.07) is 8.89. The summed E-state index contributed by atoms with van der Waals surface area (Å²) in [6.07, 6.45) is -0.370. The lowest BCUT2D eigenvalue weighted by molar-refractivity contribution is -0.120. The maximum absolute atomic E-state index is 12.8. The van der Waals surface area contributed by atoms with Gasteiger partial charge in [-0.1, -0.05) is 6.07 Å². The van der Waals surface area contributed by atoms with Crippen molar-refractivity contribution < 1.29 is 19.1 Å². The average molecular weight is 413 g/mol. The summed E-state index contributed by atoms with van der Waals surface area (Å²) in [5, 5.41) is 5.62. The highest BCUT2D eigenvalue weighted by Crippen LogP contribution is 2.29. The number of ether oxygens (including phenoxy) is 1. The highest BCUT2D eigenvalue weighted by molar-refractivity contribution is 7.21. The van der Waals surface area contributed by atoms with Crippen molar-refractivity contribution in [1.29, 1.82) is 0 Å². The van der Waals surface area contributed by atoms with Crippen LogP contribution in [0.15, 0.2) is 30.3 Å². The molecule has 1 atom stereocenters. The minimum Gasteiger partial charge on any atom is -0.447 e. The van der Waals surface area contributed by atoms with E-state index < -0.39 is 5.54 Å². The Kier molecular flexibility index (Phi) is 5.70. The van der Waals surface area contributed by atoms with Crippen molar-refractivity contribution in [3.63, 3.8) is 0 Å². The van der Waals surface area contributed by atoms with E-state index in [0.717, 1.165) is 16.0 Å². The van der Waals surface area contributed by atoms with Gasteiger partial charge in [-0.15, -0.1) is 11.3 Å². The van der Waals surface area contributed by atoms with E-state index in [-0.39, 0.29) is 23.9 Å². The van der Waals surface area contributed by atoms with Crippen LogP contribution in [0.1, 0.15) is 36.0 Å². The Hall–Kier alpha value is -2.81. The number of cyclic esters (lactones) is 1. The monoisotopic (exact) mass is 413 g/mol. The van der Waals surface area contributed by atoms with Crippen LogP contribution in [0.25, 0.3) is 0 Å². The quantitative estimate of drug-likeness (QED) is 0.732. The molecule has 1 aliphatic heterocycles. The first-order valence-corrected chi connectivity index (χ1v) is 10.2. The molecule has 29 heavy (non-hydrogen) atoms. The molecule has 0 spiro atoms. The number of anilines is 2. The zero-order valence-electron chi connectivity index (χ0n) is 17.2. The zero-order valence-corrected chi connectivity index (χ0v) is 18.0. The standard InChI is InChI=1S/C20H24BN3O4S/c1-11-9-13(5-6-14(11)24-12(2)10-28-19(24)27)22-18(26)20(3,4)23-17(25)15-7-8-16(21)29-15/h5-9,12H,10,21H2,1-4H3,(H,22,26)(H,23,25)/t12-/m1/s1. The van der Waals surface area contributed by atoms with Crippen molar-refractivity contribution in [2.24, 2.45) is 0 Å². The molecule has 2 N–H and O–H groups in total. The molecule has 3 rings (SSSR count). The summed E-state index contributed by atoms with van der Waals surface area (Å²) in [5.74, 6) is -0.614. The smallest absolute Gasteiger partial charge is 0.414 e. The molecule has 1 aromatic carbocycles. The minimum absolute atomic E-state index is 0.0447. The summed E-state index contributed by atoms with van der Waals surface area (Å²) < 4.78 is 6.11. The van der Waals surface area contributed by atoms with Gasteiger partial charge in [0, 0.05) is 5.69 Å². The van der Waals surface area contributed by atoms with Crippen LogP contribution in [0.4, 0.5) is 16.2 Å². The lowest BCUT2D eigenvalue weighted by Gasteiger charge is -2.25. The predicted molar refractivity (Wildman–Crippen MR) is 117 cm³/mol. The topological polar surface area (TPSA) is 87.7 Å². The molecular weight excluding hydrogens is 389 g/mol. The van der Waals surface area contributed by atoms with Gasteiger partial charge in [-0.05, 0) is 62.3 Å². The normalized spacial score (nSPS) is 16.5. The Bertz CT molecular complexity index is 972. The fraction of sp³-hybridized carbons (Fsp3) is 0.350. The Balaban J connectivity index is 1.70. The van der Waals surface area contributed by atoms with E-state index in [1.165, 1.54) is 11.3 Å². The Morgan fingerprint density at radius 2 is 2.00 bits per heavy atom. The Morgan fingerprint density at radius 3 is 2.55 bits per heavy atom. The van der Waals surface area contributed by atoms with Crippen LogP contribution in [-0.4, -0.2) is 43.9 Å². The van der Waals surface area contributed by atoms with Crippen LogP contribution in [0.2, 0.25) is 0 Å². The lowest BCUT2D eigenvalue weighted by Crippen LogP contribution is -2.52. The summed E-state index contributed by atoms with van der Waals surface area (Å²) in [7, 11) is 1.92. The number of nitrogens with zero attached hydrogens (tertiary/aromatic N) is 1. The summed E-state index contributed by atoms with van der Waals surface area (Å²) in [5.41, 5.74) is 1.07. The molecule has 1 fully saturated rings. The SMILES string of the molecule is Bc1ccc(C(=O)NC(C)(C)C(=O)Nc2ccc(N3C(=O)OC[C@H]3C)c(C)c2)s1. The van der Waals surface area contributed by atoms with Gasteiger partial charge in [-0.25, -0.2) is 4.79 Å². The van der Waals surface area contributed by atoms with E-state index in [9.17, 15) is 14.4 Å². The molecule has 9 heteroatoms. The van der Waals surface area contributed by atoms with E-state index in [2.05, 4.69) is 10.6 Å². The molecule has 1 aliphatic rings. The van der Waals surface area contributed by atoms with E-state index >= 15 is 0 Å². The van der Waals surface area contributed by atoms with Crippen LogP contribution in [0, 0.1) is 6.92 Å². The second kappa shape index (κ2) is 7.90. The van der Waals surface area contributed by atoms with E-state index in [0.29, 0.717) is 17.2 Å². The van der Waals surface area contributed by atoms with Crippen molar-refractivity contribution in [2.45, 2.75) is 39.3 Å². The molecule has 152 valence electrons. The highest BCUT2D eigenvalue weighted by atomic mass is 32.1. The molecule has 0 bridgehead atoms. The Labute approximate surface area is 174 Å². The number of hydrogen-bond donors (Lipinski definition) is 2. The zero-order chi connectivity index (χ0) is 21.3. The summed E-state index contributed by atoms with van der Waals surface area (Å²) >= 11 is 1.38. The van der Waals surface area contributed by atoms with Crippen LogP contribution in [0.3, 0.4) is 0 Å². The van der Waals surface area contributed by atoms with Gasteiger partial charge in [0.1, 0.15) is 12.1 Å². The fourth-order valence-electron chi connectivity index (χ4n) is 3.10. The number of nitrogens with one attached hydrogen (secondary N) is 2. The number of thiophene rings is 1. The summed E-state index contributed by atoms with van der Waals surface area (Å²) in [4.78, 5) is 39.3. The fourth-order valence-corrected chi connectivity index (χ4v) is 3.86. The van der Waals surface area contributed by atoms with E-state index in [1.807, 2.05) is 27.8 Å². The molecule has 7 nitrogen and oxygen atoms in total. The molecule has 0 unspecified atom stereocenters. The van der Waals surface area contributed by atoms with Crippen LogP contribution in [-0.2, 0) is 9.53 Å². The number of hydrogen-bond acceptors (Lipinski definition) is 5. The largest absolute Gasteiger partial charge is 0.447 e. The number of amides is 3. The first-order valence-electron chi connectivity index (χ1n) is 9.35. The predicted octanol–water partition coefficient (Wildman–Crippen LogP) is 1.81. The number of carbonyl (C=O) groups is 3. The Morgan fingerprint density at radius 1 is 1.28 bits per heavy atom. The van der Waals surface area contributed by atoms with Crippen LogP contribution < -0.4 is 20.3 Å². The van der Waals surface area contributed by atoms with Gasteiger partial charge in [-0.2, -0.15) is 0 Å².